The molecule has 0 heteroatoms. The van der Waals surface area contributed by atoms with Crippen LogP contribution in [0.2, 0.25) is 0 Å². The summed E-state index contributed by atoms with van der Waals surface area (Å²) in [6.07, 6.45) is 15.9. The van der Waals surface area contributed by atoms with Crippen LogP contribution in [0, 0.1) is 0 Å². The molecule has 0 amide bonds. The van der Waals surface area contributed by atoms with Crippen LogP contribution in [0.4, 0.5) is 0 Å². The van der Waals surface area contributed by atoms with E-state index in [1.807, 2.05) is 0 Å². The van der Waals surface area contributed by atoms with E-state index in [0.29, 0.717) is 0 Å². The molecule has 0 radical (unpaired) electrons. The Labute approximate surface area is 138 Å². The van der Waals surface area contributed by atoms with Gasteiger partial charge in [-0.15, -0.1) is 0 Å². The molecule has 2 aliphatic rings. The zero-order valence-electron chi connectivity index (χ0n) is 13.2. The fraction of sp³-hybridized carbons (Fsp3) is 0.130. The van der Waals surface area contributed by atoms with Gasteiger partial charge in [0.25, 0.3) is 0 Å². The first-order chi connectivity index (χ1) is 11.4. The molecule has 0 saturated heterocycles. The Morgan fingerprint density at radius 3 is 1.35 bits per heavy atom. The molecular formula is C23H20. The van der Waals surface area contributed by atoms with Gasteiger partial charge in [-0.1, -0.05) is 97.1 Å². The van der Waals surface area contributed by atoms with Gasteiger partial charge >= 0.3 is 0 Å². The second-order valence-electron chi connectivity index (χ2n) is 6.08. The summed E-state index contributed by atoms with van der Waals surface area (Å²) >= 11 is 0. The van der Waals surface area contributed by atoms with E-state index in [4.69, 9.17) is 0 Å². The van der Waals surface area contributed by atoms with Crippen LogP contribution in [-0.4, -0.2) is 0 Å². The molecule has 0 saturated carbocycles. The molecule has 2 aliphatic carbocycles. The fourth-order valence-electron chi connectivity index (χ4n) is 3.85. The molecule has 2 aromatic carbocycles. The van der Waals surface area contributed by atoms with E-state index in [1.165, 1.54) is 22.3 Å². The average molecular weight is 296 g/mol. The molecule has 0 N–H and O–H groups in total. The average Bonchev–Trinajstić information content (AvgIpc) is 3.32. The van der Waals surface area contributed by atoms with Crippen LogP contribution in [0.5, 0.6) is 0 Å². The Balaban J connectivity index is 2.06. The van der Waals surface area contributed by atoms with E-state index in [-0.39, 0.29) is 5.41 Å². The lowest BCUT2D eigenvalue weighted by Gasteiger charge is -2.37. The molecule has 0 nitrogen and oxygen atoms in total. The van der Waals surface area contributed by atoms with Crippen LogP contribution in [0.25, 0.3) is 0 Å². The molecular weight excluding hydrogens is 276 g/mol. The summed E-state index contributed by atoms with van der Waals surface area (Å²) in [5.41, 5.74) is 5.23. The van der Waals surface area contributed by atoms with E-state index >= 15 is 0 Å². The van der Waals surface area contributed by atoms with Gasteiger partial charge in [0.15, 0.2) is 0 Å². The van der Waals surface area contributed by atoms with Gasteiger partial charge in [0.1, 0.15) is 0 Å². The third-order valence-corrected chi connectivity index (χ3v) is 4.82. The zero-order valence-corrected chi connectivity index (χ0v) is 13.2. The number of hydrogen-bond acceptors (Lipinski definition) is 0. The summed E-state index contributed by atoms with van der Waals surface area (Å²) in [5.74, 6) is 0. The Morgan fingerprint density at radius 1 is 0.565 bits per heavy atom. The summed E-state index contributed by atoms with van der Waals surface area (Å²) in [5, 5.41) is 0. The first-order valence-electron chi connectivity index (χ1n) is 8.28. The number of allylic oxidation sites excluding steroid dienone is 8. The standard InChI is InChI=1S/C23H20/c1-3-11-19(12-4-1)23(21-15-7-8-16-21,22-17-9-10-18-22)20-13-5-2-6-14-20/h1-7,9,11-18H,8,10H2. The summed E-state index contributed by atoms with van der Waals surface area (Å²) in [6, 6.07) is 21.8. The van der Waals surface area contributed by atoms with Crippen LogP contribution in [0.1, 0.15) is 24.0 Å². The largest absolute Gasteiger partial charge is 0.0804 e. The number of benzene rings is 2. The van der Waals surface area contributed by atoms with Gasteiger partial charge in [-0.25, -0.2) is 0 Å². The smallest absolute Gasteiger partial charge is 0.0695 e. The minimum absolute atomic E-state index is 0.206. The minimum atomic E-state index is -0.206. The third kappa shape index (κ3) is 2.22. The van der Waals surface area contributed by atoms with Crippen molar-refractivity contribution < 1.29 is 0 Å². The van der Waals surface area contributed by atoms with Crippen molar-refractivity contribution in [1.29, 1.82) is 0 Å². The predicted molar refractivity (Wildman–Crippen MR) is 97.3 cm³/mol. The van der Waals surface area contributed by atoms with Crippen LogP contribution in [0.15, 0.2) is 108 Å². The van der Waals surface area contributed by atoms with E-state index < -0.39 is 0 Å². The van der Waals surface area contributed by atoms with E-state index in [2.05, 4.69) is 97.1 Å². The number of rotatable bonds is 4. The molecule has 0 spiro atoms. The summed E-state index contributed by atoms with van der Waals surface area (Å²) in [6.45, 7) is 0. The second kappa shape index (κ2) is 5.89. The Morgan fingerprint density at radius 2 is 1.00 bits per heavy atom. The van der Waals surface area contributed by atoms with E-state index in [1.54, 1.807) is 0 Å². The lowest BCUT2D eigenvalue weighted by molar-refractivity contribution is 0.744. The number of hydrogen-bond donors (Lipinski definition) is 0. The molecule has 0 atom stereocenters. The third-order valence-electron chi connectivity index (χ3n) is 4.82. The monoisotopic (exact) mass is 296 g/mol. The Bertz CT molecular complexity index is 730. The maximum atomic E-state index is 2.37. The Kier molecular flexibility index (Phi) is 3.59. The molecule has 2 aromatic rings. The molecule has 112 valence electrons. The minimum Gasteiger partial charge on any atom is -0.0804 e. The van der Waals surface area contributed by atoms with Gasteiger partial charge in [0.2, 0.25) is 0 Å². The molecule has 0 aromatic heterocycles. The van der Waals surface area contributed by atoms with Gasteiger partial charge in [0.05, 0.1) is 5.41 Å². The van der Waals surface area contributed by atoms with Crippen molar-refractivity contribution in [2.45, 2.75) is 18.3 Å². The lowest BCUT2D eigenvalue weighted by Crippen LogP contribution is -2.31. The van der Waals surface area contributed by atoms with Crippen LogP contribution >= 0.6 is 0 Å². The van der Waals surface area contributed by atoms with Crippen molar-refractivity contribution in [1.82, 2.24) is 0 Å². The van der Waals surface area contributed by atoms with Crippen LogP contribution < -0.4 is 0 Å². The van der Waals surface area contributed by atoms with Crippen molar-refractivity contribution in [3.8, 4) is 0 Å². The first-order valence-corrected chi connectivity index (χ1v) is 8.28. The maximum absolute atomic E-state index is 2.37. The normalized spacial score (nSPS) is 16.5. The van der Waals surface area contributed by atoms with Crippen LogP contribution in [0.3, 0.4) is 0 Å². The zero-order chi connectivity index (χ0) is 15.5. The molecule has 0 heterocycles. The summed E-state index contributed by atoms with van der Waals surface area (Å²) in [7, 11) is 0. The quantitative estimate of drug-likeness (QED) is 0.674. The second-order valence-corrected chi connectivity index (χ2v) is 6.08. The highest BCUT2D eigenvalue weighted by Crippen LogP contribution is 2.48. The lowest BCUT2D eigenvalue weighted by atomic mass is 9.64. The SMILES string of the molecule is C1=CC(C(C2=CCC=C2)(c2ccccc2)c2ccccc2)=CC1. The van der Waals surface area contributed by atoms with Crippen molar-refractivity contribution in [2.75, 3.05) is 0 Å². The van der Waals surface area contributed by atoms with E-state index in [9.17, 15) is 0 Å². The Hall–Kier alpha value is -2.60. The maximum Gasteiger partial charge on any atom is 0.0695 e. The topological polar surface area (TPSA) is 0 Å². The highest BCUT2D eigenvalue weighted by atomic mass is 14.4. The molecule has 0 bridgehead atoms. The van der Waals surface area contributed by atoms with Gasteiger partial charge in [-0.05, 0) is 35.1 Å². The van der Waals surface area contributed by atoms with Crippen molar-refractivity contribution >= 4 is 0 Å². The van der Waals surface area contributed by atoms with Gasteiger partial charge in [-0.2, -0.15) is 0 Å². The van der Waals surface area contributed by atoms with Gasteiger partial charge < -0.3 is 0 Å². The molecule has 4 rings (SSSR count). The van der Waals surface area contributed by atoms with Crippen molar-refractivity contribution in [3.63, 3.8) is 0 Å². The highest BCUT2D eigenvalue weighted by molar-refractivity contribution is 5.64. The van der Waals surface area contributed by atoms with Gasteiger partial charge in [0, 0.05) is 0 Å². The van der Waals surface area contributed by atoms with E-state index in [0.717, 1.165) is 12.8 Å². The highest BCUT2D eigenvalue weighted by Gasteiger charge is 2.40. The molecule has 23 heavy (non-hydrogen) atoms. The van der Waals surface area contributed by atoms with Gasteiger partial charge in [-0.3, -0.25) is 0 Å². The molecule has 0 unspecified atom stereocenters. The molecule has 0 fully saturated rings. The van der Waals surface area contributed by atoms with Crippen LogP contribution in [-0.2, 0) is 5.41 Å². The van der Waals surface area contributed by atoms with Crippen molar-refractivity contribution in [3.05, 3.63) is 119 Å². The van der Waals surface area contributed by atoms with Crippen molar-refractivity contribution in [2.24, 2.45) is 0 Å². The molecule has 0 aliphatic heterocycles. The first kappa shape index (κ1) is 14.0. The predicted octanol–water partition coefficient (Wildman–Crippen LogP) is 5.75. The fourth-order valence-corrected chi connectivity index (χ4v) is 3.85. The summed E-state index contributed by atoms with van der Waals surface area (Å²) < 4.78 is 0. The summed E-state index contributed by atoms with van der Waals surface area (Å²) in [4.78, 5) is 0.